The van der Waals surface area contributed by atoms with Crippen molar-refractivity contribution in [3.05, 3.63) is 0 Å². The van der Waals surface area contributed by atoms with Crippen LogP contribution in [0, 0.1) is 5.92 Å². The topological polar surface area (TPSA) is 104 Å². The van der Waals surface area contributed by atoms with Crippen LogP contribution >= 0.6 is 0 Å². The predicted molar refractivity (Wildman–Crippen MR) is 43.3 cm³/mol. The molecular weight excluding hydrogens is 176 g/mol. The third-order valence-electron chi connectivity index (χ3n) is 2.25. The molecule has 1 saturated heterocycles. The number of rotatable bonds is 1. The molecule has 0 bridgehead atoms. The van der Waals surface area contributed by atoms with Gasteiger partial charge < -0.3 is 20.8 Å². The monoisotopic (exact) mass is 188 g/mol. The second-order valence-corrected chi connectivity index (χ2v) is 3.13. The number of likely N-dealkylation sites (tertiary alicyclic amines) is 1. The Labute approximate surface area is 74.9 Å². The molecule has 0 aromatic carbocycles. The van der Waals surface area contributed by atoms with Crippen LogP contribution in [0.5, 0.6) is 0 Å². The molecule has 2 atom stereocenters. The molecule has 6 heteroatoms. The van der Waals surface area contributed by atoms with E-state index < -0.39 is 24.0 Å². The summed E-state index contributed by atoms with van der Waals surface area (Å²) in [6.45, 7) is 0.312. The first-order chi connectivity index (χ1) is 6.02. The van der Waals surface area contributed by atoms with Crippen LogP contribution in [0.15, 0.2) is 0 Å². The highest BCUT2D eigenvalue weighted by Crippen LogP contribution is 2.15. The van der Waals surface area contributed by atoms with Gasteiger partial charge in [-0.3, -0.25) is 4.79 Å². The summed E-state index contributed by atoms with van der Waals surface area (Å²) in [6.07, 6.45) is -0.679. The number of nitrogens with two attached hydrogens (primary N) is 1. The fourth-order valence-corrected chi connectivity index (χ4v) is 1.41. The van der Waals surface area contributed by atoms with Gasteiger partial charge in [0.1, 0.15) is 0 Å². The van der Waals surface area contributed by atoms with Crippen LogP contribution in [0.4, 0.5) is 4.79 Å². The second-order valence-electron chi connectivity index (χ2n) is 3.13. The van der Waals surface area contributed by atoms with Crippen LogP contribution in [0.3, 0.4) is 0 Å². The van der Waals surface area contributed by atoms with Crippen molar-refractivity contribution in [2.24, 2.45) is 11.7 Å². The maximum absolute atomic E-state index is 10.6. The molecular formula is C7H12N2O4. The van der Waals surface area contributed by atoms with Crippen LogP contribution in [0.2, 0.25) is 0 Å². The molecule has 0 aromatic heterocycles. The second kappa shape index (κ2) is 3.61. The summed E-state index contributed by atoms with van der Waals surface area (Å²) >= 11 is 0. The van der Waals surface area contributed by atoms with Gasteiger partial charge in [0.25, 0.3) is 0 Å². The molecule has 1 heterocycles. The van der Waals surface area contributed by atoms with Crippen molar-refractivity contribution < 1.29 is 19.8 Å². The standard InChI is InChI=1S/C7H12N2O4/c8-5-1-2-9(7(12)13)3-4(5)6(10)11/h4-5H,1-3,8H2,(H,10,11)(H,12,13)/t4-,5-/m1/s1. The lowest BCUT2D eigenvalue weighted by Gasteiger charge is -2.32. The molecule has 74 valence electrons. The van der Waals surface area contributed by atoms with Crippen molar-refractivity contribution in [3.63, 3.8) is 0 Å². The first-order valence-corrected chi connectivity index (χ1v) is 3.98. The minimum absolute atomic E-state index is 0.00810. The molecule has 0 radical (unpaired) electrons. The van der Waals surface area contributed by atoms with Crippen LogP contribution in [0.1, 0.15) is 6.42 Å². The molecule has 13 heavy (non-hydrogen) atoms. The number of nitrogens with zero attached hydrogens (tertiary/aromatic N) is 1. The fraction of sp³-hybridized carbons (Fsp3) is 0.714. The third-order valence-corrected chi connectivity index (χ3v) is 2.25. The Hall–Kier alpha value is -1.30. The highest BCUT2D eigenvalue weighted by atomic mass is 16.4. The average Bonchev–Trinajstić information content (AvgIpc) is 2.04. The van der Waals surface area contributed by atoms with E-state index in [0.29, 0.717) is 13.0 Å². The van der Waals surface area contributed by atoms with Gasteiger partial charge in [0.2, 0.25) is 0 Å². The molecule has 4 N–H and O–H groups in total. The zero-order valence-electron chi connectivity index (χ0n) is 7.01. The van der Waals surface area contributed by atoms with E-state index in [4.69, 9.17) is 15.9 Å². The molecule has 0 unspecified atom stereocenters. The molecule has 1 aliphatic rings. The SMILES string of the molecule is N[C@@H]1CCN(C(=O)O)C[C@H]1C(=O)O. The summed E-state index contributed by atoms with van der Waals surface area (Å²) in [5.41, 5.74) is 5.54. The molecule has 1 amide bonds. The first kappa shape index (κ1) is 9.79. The van der Waals surface area contributed by atoms with E-state index in [1.165, 1.54) is 0 Å². The number of carbonyl (C=O) groups is 2. The van der Waals surface area contributed by atoms with E-state index in [9.17, 15) is 9.59 Å². The van der Waals surface area contributed by atoms with E-state index in [0.717, 1.165) is 4.90 Å². The summed E-state index contributed by atoms with van der Waals surface area (Å²) in [5.74, 6) is -1.80. The minimum atomic E-state index is -1.09. The Morgan fingerprint density at radius 2 is 2.00 bits per heavy atom. The van der Waals surface area contributed by atoms with Crippen LogP contribution in [-0.2, 0) is 4.79 Å². The molecule has 1 aliphatic heterocycles. The van der Waals surface area contributed by atoms with Crippen molar-refractivity contribution in [1.82, 2.24) is 4.90 Å². The molecule has 6 nitrogen and oxygen atoms in total. The quantitative estimate of drug-likeness (QED) is 0.509. The maximum Gasteiger partial charge on any atom is 0.407 e. The highest BCUT2D eigenvalue weighted by molar-refractivity contribution is 5.73. The third kappa shape index (κ3) is 2.09. The van der Waals surface area contributed by atoms with Crippen LogP contribution in [-0.4, -0.2) is 46.3 Å². The van der Waals surface area contributed by atoms with Gasteiger partial charge in [-0.2, -0.15) is 0 Å². The average molecular weight is 188 g/mol. The summed E-state index contributed by atoms with van der Waals surface area (Å²) in [5, 5.41) is 17.3. The Morgan fingerprint density at radius 3 is 2.46 bits per heavy atom. The highest BCUT2D eigenvalue weighted by Gasteiger charge is 2.33. The summed E-state index contributed by atoms with van der Waals surface area (Å²) in [7, 11) is 0. The van der Waals surface area contributed by atoms with Crippen LogP contribution < -0.4 is 5.73 Å². The Balaban J connectivity index is 2.63. The zero-order valence-corrected chi connectivity index (χ0v) is 7.01. The van der Waals surface area contributed by atoms with E-state index >= 15 is 0 Å². The van der Waals surface area contributed by atoms with Gasteiger partial charge in [0.05, 0.1) is 5.92 Å². The van der Waals surface area contributed by atoms with Gasteiger partial charge in [0, 0.05) is 19.1 Å². The van der Waals surface area contributed by atoms with Gasteiger partial charge in [-0.15, -0.1) is 0 Å². The Kier molecular flexibility index (Phi) is 2.72. The molecule has 1 fully saturated rings. The van der Waals surface area contributed by atoms with E-state index in [1.807, 2.05) is 0 Å². The van der Waals surface area contributed by atoms with E-state index in [2.05, 4.69) is 0 Å². The van der Waals surface area contributed by atoms with Gasteiger partial charge in [-0.05, 0) is 6.42 Å². The summed E-state index contributed by atoms with van der Waals surface area (Å²) < 4.78 is 0. The lowest BCUT2D eigenvalue weighted by Crippen LogP contribution is -2.51. The molecule has 0 saturated carbocycles. The number of hydrogen-bond donors (Lipinski definition) is 3. The lowest BCUT2D eigenvalue weighted by atomic mass is 9.93. The predicted octanol–water partition coefficient (Wildman–Crippen LogP) is -0.602. The smallest absolute Gasteiger partial charge is 0.407 e. The fourth-order valence-electron chi connectivity index (χ4n) is 1.41. The largest absolute Gasteiger partial charge is 0.481 e. The Bertz CT molecular complexity index is 231. The van der Waals surface area contributed by atoms with Gasteiger partial charge >= 0.3 is 12.1 Å². The number of aliphatic carboxylic acids is 1. The number of hydrogen-bond acceptors (Lipinski definition) is 3. The molecule has 0 aromatic rings. The normalized spacial score (nSPS) is 28.5. The van der Waals surface area contributed by atoms with Gasteiger partial charge in [-0.1, -0.05) is 0 Å². The number of piperidine rings is 1. The van der Waals surface area contributed by atoms with Crippen molar-refractivity contribution in [3.8, 4) is 0 Å². The minimum Gasteiger partial charge on any atom is -0.481 e. The summed E-state index contributed by atoms with van der Waals surface area (Å²) in [4.78, 5) is 22.2. The van der Waals surface area contributed by atoms with Crippen molar-refractivity contribution in [1.29, 1.82) is 0 Å². The van der Waals surface area contributed by atoms with Gasteiger partial charge in [0.15, 0.2) is 0 Å². The van der Waals surface area contributed by atoms with Gasteiger partial charge in [-0.25, -0.2) is 4.79 Å². The Morgan fingerprint density at radius 1 is 1.38 bits per heavy atom. The van der Waals surface area contributed by atoms with Crippen molar-refractivity contribution in [2.45, 2.75) is 12.5 Å². The maximum atomic E-state index is 10.6. The number of carboxylic acids is 1. The number of carboxylic acid groups (broad SMARTS) is 2. The van der Waals surface area contributed by atoms with Crippen molar-refractivity contribution >= 4 is 12.1 Å². The van der Waals surface area contributed by atoms with Crippen molar-refractivity contribution in [2.75, 3.05) is 13.1 Å². The van der Waals surface area contributed by atoms with Crippen LogP contribution in [0.25, 0.3) is 0 Å². The number of amides is 1. The van der Waals surface area contributed by atoms with E-state index in [1.54, 1.807) is 0 Å². The summed E-state index contributed by atoms with van der Waals surface area (Å²) in [6, 6.07) is -0.437. The molecule has 0 aliphatic carbocycles. The van der Waals surface area contributed by atoms with E-state index in [-0.39, 0.29) is 6.54 Å². The molecule has 1 rings (SSSR count). The lowest BCUT2D eigenvalue weighted by molar-refractivity contribution is -0.143. The zero-order chi connectivity index (χ0) is 10.0. The first-order valence-electron chi connectivity index (χ1n) is 3.98. The molecule has 0 spiro atoms.